The second-order valence-electron chi connectivity index (χ2n) is 2.37. The fraction of sp³-hybridized carbons (Fsp3) is 0.600. The van der Waals surface area contributed by atoms with Crippen molar-refractivity contribution in [3.8, 4) is 0 Å². The molecule has 1 rings (SSSR count). The lowest BCUT2D eigenvalue weighted by molar-refractivity contribution is -0.122. The first-order valence-electron chi connectivity index (χ1n) is 2.78. The number of hydrogen-bond acceptors (Lipinski definition) is 2. The Morgan fingerprint density at radius 3 is 2.40 bits per heavy atom. The first kappa shape index (κ1) is 7.34. The minimum atomic E-state index is -0.918. The van der Waals surface area contributed by atoms with Gasteiger partial charge in [-0.15, -0.1) is 11.6 Å². The van der Waals surface area contributed by atoms with Crippen LogP contribution in [0.15, 0.2) is 0 Å². The molecule has 0 bridgehead atoms. The Bertz CT molecular complexity index is 194. The predicted octanol–water partition coefficient (Wildman–Crippen LogP) is -0.177. The predicted molar refractivity (Wildman–Crippen MR) is 35.8 cm³/mol. The van der Waals surface area contributed by atoms with Gasteiger partial charge in [0.05, 0.1) is 5.88 Å². The molecule has 3 amide bonds. The van der Waals surface area contributed by atoms with E-state index in [1.165, 1.54) is 0 Å². The zero-order chi connectivity index (χ0) is 7.78. The molecule has 0 aromatic carbocycles. The van der Waals surface area contributed by atoms with Crippen LogP contribution in [0, 0.1) is 0 Å². The summed E-state index contributed by atoms with van der Waals surface area (Å²) in [6.07, 6.45) is 0. The zero-order valence-corrected chi connectivity index (χ0v) is 6.16. The van der Waals surface area contributed by atoms with Crippen molar-refractivity contribution in [1.29, 1.82) is 0 Å². The first-order valence-corrected chi connectivity index (χ1v) is 3.31. The minimum absolute atomic E-state index is 0.0879. The summed E-state index contributed by atoms with van der Waals surface area (Å²) in [5.41, 5.74) is -0.918. The van der Waals surface area contributed by atoms with Crippen LogP contribution >= 0.6 is 11.6 Å². The molecule has 0 spiro atoms. The SMILES string of the molecule is CC1(CCl)NC(=O)NC1=O. The van der Waals surface area contributed by atoms with Gasteiger partial charge < -0.3 is 5.32 Å². The van der Waals surface area contributed by atoms with Gasteiger partial charge >= 0.3 is 6.03 Å². The van der Waals surface area contributed by atoms with Gasteiger partial charge in [-0.3, -0.25) is 10.1 Å². The molecular formula is C5H7ClN2O2. The molecule has 0 saturated carbocycles. The maximum absolute atomic E-state index is 10.9. The van der Waals surface area contributed by atoms with Crippen molar-refractivity contribution in [3.63, 3.8) is 0 Å². The third kappa shape index (κ3) is 0.945. The molecule has 1 aliphatic rings. The molecule has 10 heavy (non-hydrogen) atoms. The zero-order valence-electron chi connectivity index (χ0n) is 5.40. The van der Waals surface area contributed by atoms with Gasteiger partial charge in [-0.25, -0.2) is 4.79 Å². The summed E-state index contributed by atoms with van der Waals surface area (Å²) in [5.74, 6) is -0.280. The van der Waals surface area contributed by atoms with E-state index in [1.54, 1.807) is 6.92 Å². The van der Waals surface area contributed by atoms with Gasteiger partial charge in [0, 0.05) is 0 Å². The molecule has 1 saturated heterocycles. The molecule has 0 radical (unpaired) electrons. The molecule has 0 aromatic heterocycles. The molecule has 56 valence electrons. The van der Waals surface area contributed by atoms with Crippen molar-refractivity contribution in [2.45, 2.75) is 12.5 Å². The molecule has 1 heterocycles. The molecule has 2 N–H and O–H groups in total. The number of imide groups is 1. The Morgan fingerprint density at radius 1 is 1.60 bits per heavy atom. The van der Waals surface area contributed by atoms with E-state index in [-0.39, 0.29) is 11.8 Å². The van der Waals surface area contributed by atoms with Gasteiger partial charge in [0.15, 0.2) is 0 Å². The number of amides is 3. The van der Waals surface area contributed by atoms with Crippen molar-refractivity contribution < 1.29 is 9.59 Å². The lowest BCUT2D eigenvalue weighted by Crippen LogP contribution is -2.45. The Kier molecular flexibility index (Phi) is 1.56. The lowest BCUT2D eigenvalue weighted by atomic mass is 10.1. The van der Waals surface area contributed by atoms with Gasteiger partial charge in [-0.2, -0.15) is 0 Å². The largest absolute Gasteiger partial charge is 0.322 e. The number of halogens is 1. The second kappa shape index (κ2) is 2.12. The highest BCUT2D eigenvalue weighted by molar-refractivity contribution is 6.22. The van der Waals surface area contributed by atoms with Crippen molar-refractivity contribution in [2.75, 3.05) is 5.88 Å². The summed E-state index contributed by atoms with van der Waals surface area (Å²) in [4.78, 5) is 21.4. The van der Waals surface area contributed by atoms with E-state index in [9.17, 15) is 9.59 Å². The molecule has 0 aromatic rings. The Morgan fingerprint density at radius 2 is 2.20 bits per heavy atom. The van der Waals surface area contributed by atoms with Crippen LogP contribution in [0.25, 0.3) is 0 Å². The number of urea groups is 1. The molecule has 5 heteroatoms. The van der Waals surface area contributed by atoms with Crippen LogP contribution in [-0.2, 0) is 4.79 Å². The van der Waals surface area contributed by atoms with Crippen LogP contribution in [0.5, 0.6) is 0 Å². The fourth-order valence-corrected chi connectivity index (χ4v) is 0.862. The summed E-state index contributed by atoms with van der Waals surface area (Å²) in [7, 11) is 0. The summed E-state index contributed by atoms with van der Waals surface area (Å²) in [6.45, 7) is 1.57. The van der Waals surface area contributed by atoms with E-state index in [2.05, 4.69) is 10.6 Å². The number of carbonyl (C=O) groups excluding carboxylic acids is 2. The lowest BCUT2D eigenvalue weighted by Gasteiger charge is -2.15. The average Bonchev–Trinajstić information content (AvgIpc) is 2.09. The minimum Gasteiger partial charge on any atom is -0.322 e. The molecular weight excluding hydrogens is 156 g/mol. The van der Waals surface area contributed by atoms with Crippen molar-refractivity contribution in [1.82, 2.24) is 10.6 Å². The molecule has 1 fully saturated rings. The normalized spacial score (nSPS) is 31.8. The van der Waals surface area contributed by atoms with Crippen LogP contribution in [0.3, 0.4) is 0 Å². The fourth-order valence-electron chi connectivity index (χ4n) is 0.674. The summed E-state index contributed by atoms with van der Waals surface area (Å²) < 4.78 is 0. The monoisotopic (exact) mass is 162 g/mol. The van der Waals surface area contributed by atoms with Crippen molar-refractivity contribution in [3.05, 3.63) is 0 Å². The van der Waals surface area contributed by atoms with Crippen molar-refractivity contribution >= 4 is 23.5 Å². The quantitative estimate of drug-likeness (QED) is 0.415. The molecule has 0 aliphatic carbocycles. The molecule has 4 nitrogen and oxygen atoms in total. The standard InChI is InChI=1S/C5H7ClN2O2/c1-5(2-6)3(9)7-4(10)8-5/h2H2,1H3,(H2,7,8,9,10). The Balaban J connectivity index is 2.80. The van der Waals surface area contributed by atoms with Gasteiger partial charge in [0.2, 0.25) is 0 Å². The van der Waals surface area contributed by atoms with E-state index in [1.807, 2.05) is 0 Å². The topological polar surface area (TPSA) is 58.2 Å². The van der Waals surface area contributed by atoms with Crippen molar-refractivity contribution in [2.24, 2.45) is 0 Å². The van der Waals surface area contributed by atoms with Crippen LogP contribution in [0.1, 0.15) is 6.92 Å². The second-order valence-corrected chi connectivity index (χ2v) is 2.64. The van der Waals surface area contributed by atoms with Gasteiger partial charge in [0.1, 0.15) is 5.54 Å². The van der Waals surface area contributed by atoms with Crippen LogP contribution in [0.2, 0.25) is 0 Å². The van der Waals surface area contributed by atoms with E-state index >= 15 is 0 Å². The van der Waals surface area contributed by atoms with E-state index in [0.29, 0.717) is 0 Å². The number of alkyl halides is 1. The highest BCUT2D eigenvalue weighted by Crippen LogP contribution is 2.10. The number of rotatable bonds is 1. The molecule has 1 aliphatic heterocycles. The Labute approximate surface area is 62.9 Å². The third-order valence-electron chi connectivity index (χ3n) is 1.38. The van der Waals surface area contributed by atoms with E-state index in [0.717, 1.165) is 0 Å². The van der Waals surface area contributed by atoms with Crippen LogP contribution in [0.4, 0.5) is 4.79 Å². The van der Waals surface area contributed by atoms with Crippen LogP contribution in [-0.4, -0.2) is 23.4 Å². The summed E-state index contributed by atoms with van der Waals surface area (Å²) in [5, 5.41) is 4.48. The van der Waals surface area contributed by atoms with Gasteiger partial charge in [0.25, 0.3) is 5.91 Å². The number of nitrogens with one attached hydrogen (secondary N) is 2. The molecule has 1 atom stereocenters. The molecule has 1 unspecified atom stereocenters. The highest BCUT2D eigenvalue weighted by atomic mass is 35.5. The van der Waals surface area contributed by atoms with Gasteiger partial charge in [-0.1, -0.05) is 0 Å². The Hall–Kier alpha value is -0.770. The smallest absolute Gasteiger partial charge is 0.322 e. The maximum atomic E-state index is 10.9. The van der Waals surface area contributed by atoms with Gasteiger partial charge in [-0.05, 0) is 6.92 Å². The van der Waals surface area contributed by atoms with E-state index in [4.69, 9.17) is 11.6 Å². The van der Waals surface area contributed by atoms with E-state index < -0.39 is 11.6 Å². The summed E-state index contributed by atoms with van der Waals surface area (Å²) >= 11 is 5.43. The average molecular weight is 163 g/mol. The highest BCUT2D eigenvalue weighted by Gasteiger charge is 2.40. The van der Waals surface area contributed by atoms with Crippen LogP contribution < -0.4 is 10.6 Å². The first-order chi connectivity index (χ1) is 4.58. The number of hydrogen-bond donors (Lipinski definition) is 2. The number of carbonyl (C=O) groups is 2. The maximum Gasteiger partial charge on any atom is 0.322 e. The third-order valence-corrected chi connectivity index (χ3v) is 1.92. The summed E-state index contributed by atoms with van der Waals surface area (Å²) in [6, 6.07) is -0.479.